The molecule has 0 saturated heterocycles. The van der Waals surface area contributed by atoms with Gasteiger partial charge in [0.2, 0.25) is 0 Å². The lowest BCUT2D eigenvalue weighted by Crippen LogP contribution is -2.30. The summed E-state index contributed by atoms with van der Waals surface area (Å²) in [5.41, 5.74) is -0.484. The van der Waals surface area contributed by atoms with E-state index in [0.29, 0.717) is 0 Å². The number of ether oxygens (including phenoxy) is 1. The van der Waals surface area contributed by atoms with Crippen molar-refractivity contribution in [1.29, 1.82) is 5.26 Å². The number of nitriles is 1. The van der Waals surface area contributed by atoms with Gasteiger partial charge < -0.3 is 19.7 Å². The van der Waals surface area contributed by atoms with Gasteiger partial charge in [0.25, 0.3) is 5.91 Å². The molecule has 2 rings (SSSR count). The predicted octanol–water partition coefficient (Wildman–Crippen LogP) is 2.21. The molecule has 0 radical (unpaired) electrons. The molecule has 32 heavy (non-hydrogen) atoms. The molecule has 0 fully saturated rings. The molecule has 2 aromatic rings. The number of nitrogens with zero attached hydrogens (tertiary/aromatic N) is 2. The molecular weight excluding hydrogens is 456 g/mol. The van der Waals surface area contributed by atoms with Crippen LogP contribution in [0.5, 0.6) is 5.75 Å². The standard InChI is InChI=1S/C17H16F4N4O4S.C2H2/c1-25-8-12(30(23)28)15(29-5-4-13(26)17(19,20)21)14(25)16(27)24-10-2-3-11(18)9(6-10)7-22;1-2/h2-3,6,8,13,26H,4-5,23H2,1H3,(H,24,27);1-2H. The molecule has 0 aliphatic rings. The second-order valence-electron chi connectivity index (χ2n) is 6.03. The van der Waals surface area contributed by atoms with Crippen LogP contribution in [0.25, 0.3) is 0 Å². The summed E-state index contributed by atoms with van der Waals surface area (Å²) in [5.74, 6) is -1.95. The molecule has 2 atom stereocenters. The third-order valence-electron chi connectivity index (χ3n) is 3.89. The lowest BCUT2D eigenvalue weighted by atomic mass is 10.2. The summed E-state index contributed by atoms with van der Waals surface area (Å²) in [4.78, 5) is 12.5. The number of halogens is 4. The summed E-state index contributed by atoms with van der Waals surface area (Å²) in [7, 11) is -0.753. The minimum Gasteiger partial charge on any atom is -0.490 e. The van der Waals surface area contributed by atoms with Crippen molar-refractivity contribution < 1.29 is 36.4 Å². The number of alkyl halides is 3. The first-order valence-electron chi connectivity index (χ1n) is 8.53. The monoisotopic (exact) mass is 474 g/mol. The minimum absolute atomic E-state index is 0.0630. The van der Waals surface area contributed by atoms with E-state index in [4.69, 9.17) is 20.2 Å². The minimum atomic E-state index is -4.85. The number of aliphatic hydroxyl groups excluding tert-OH is 1. The lowest BCUT2D eigenvalue weighted by molar-refractivity contribution is -0.206. The Kier molecular flexibility index (Phi) is 9.40. The Morgan fingerprint density at radius 3 is 2.59 bits per heavy atom. The fourth-order valence-electron chi connectivity index (χ4n) is 2.44. The quantitative estimate of drug-likeness (QED) is 0.418. The number of hydrogen-bond donors (Lipinski definition) is 3. The molecule has 1 heterocycles. The number of nitrogens with one attached hydrogen (secondary N) is 1. The van der Waals surface area contributed by atoms with Crippen LogP contribution in [-0.2, 0) is 18.0 Å². The number of carbonyl (C=O) groups excluding carboxylic acids is 1. The lowest BCUT2D eigenvalue weighted by Gasteiger charge is -2.15. The largest absolute Gasteiger partial charge is 0.490 e. The molecule has 0 bridgehead atoms. The van der Waals surface area contributed by atoms with E-state index in [1.54, 1.807) is 6.07 Å². The van der Waals surface area contributed by atoms with Crippen LogP contribution in [0.15, 0.2) is 29.3 Å². The molecule has 2 unspecified atom stereocenters. The summed E-state index contributed by atoms with van der Waals surface area (Å²) in [6.45, 7) is -0.649. The Labute approximate surface area is 183 Å². The SMILES string of the molecule is C#C.Cn1cc(S(N)=O)c(OCCC(O)C(F)(F)F)c1C(=O)Nc1ccc(F)c(C#N)c1. The van der Waals surface area contributed by atoms with Crippen LogP contribution in [0.4, 0.5) is 23.2 Å². The topological polar surface area (TPSA) is 130 Å². The molecule has 0 saturated carbocycles. The van der Waals surface area contributed by atoms with Gasteiger partial charge in [0.15, 0.2) is 17.5 Å². The Balaban J connectivity index is 0.00000249. The molecule has 1 amide bonds. The fourth-order valence-corrected chi connectivity index (χ4v) is 3.04. The van der Waals surface area contributed by atoms with E-state index in [2.05, 4.69) is 18.2 Å². The average Bonchev–Trinajstić information content (AvgIpc) is 3.06. The summed E-state index contributed by atoms with van der Waals surface area (Å²) >= 11 is 0. The molecular formula is C19H18F4N4O4S. The second kappa shape index (κ2) is 11.3. The van der Waals surface area contributed by atoms with Gasteiger partial charge in [0, 0.05) is 25.4 Å². The highest BCUT2D eigenvalue weighted by Crippen LogP contribution is 2.30. The van der Waals surface area contributed by atoms with Crippen LogP contribution in [0.2, 0.25) is 0 Å². The van der Waals surface area contributed by atoms with Crippen molar-refractivity contribution in [2.24, 2.45) is 12.2 Å². The van der Waals surface area contributed by atoms with Gasteiger partial charge in [0.1, 0.15) is 27.8 Å². The average molecular weight is 474 g/mol. The number of amides is 1. The molecule has 13 heteroatoms. The molecule has 0 spiro atoms. The van der Waals surface area contributed by atoms with Crippen molar-refractivity contribution in [3.05, 3.63) is 41.5 Å². The van der Waals surface area contributed by atoms with Crippen LogP contribution in [0, 0.1) is 30.0 Å². The predicted molar refractivity (Wildman–Crippen MR) is 107 cm³/mol. The van der Waals surface area contributed by atoms with Crippen LogP contribution in [-0.4, -0.2) is 38.7 Å². The Morgan fingerprint density at radius 2 is 2.06 bits per heavy atom. The van der Waals surface area contributed by atoms with E-state index in [0.717, 1.165) is 12.1 Å². The molecule has 8 nitrogen and oxygen atoms in total. The van der Waals surface area contributed by atoms with Crippen LogP contribution >= 0.6 is 0 Å². The van der Waals surface area contributed by atoms with Gasteiger partial charge in [0.05, 0.1) is 12.2 Å². The van der Waals surface area contributed by atoms with Crippen molar-refractivity contribution in [1.82, 2.24) is 4.57 Å². The highest BCUT2D eigenvalue weighted by Gasteiger charge is 2.38. The first-order chi connectivity index (χ1) is 15.0. The van der Waals surface area contributed by atoms with Crippen LogP contribution in [0.3, 0.4) is 0 Å². The zero-order valence-electron chi connectivity index (χ0n) is 16.5. The van der Waals surface area contributed by atoms with E-state index in [-0.39, 0.29) is 27.6 Å². The van der Waals surface area contributed by atoms with Crippen molar-refractivity contribution in [2.45, 2.75) is 23.6 Å². The summed E-state index contributed by atoms with van der Waals surface area (Å²) in [6, 6.07) is 4.86. The number of carbonyl (C=O) groups is 1. The zero-order valence-corrected chi connectivity index (χ0v) is 17.3. The summed E-state index contributed by atoms with van der Waals surface area (Å²) in [5, 5.41) is 25.7. The summed E-state index contributed by atoms with van der Waals surface area (Å²) < 4.78 is 68.9. The van der Waals surface area contributed by atoms with Gasteiger partial charge in [-0.1, -0.05) is 0 Å². The Hall–Kier alpha value is -3.39. The number of hydrogen-bond acceptors (Lipinski definition) is 5. The van der Waals surface area contributed by atoms with Crippen LogP contribution in [0.1, 0.15) is 22.5 Å². The third kappa shape index (κ3) is 6.55. The van der Waals surface area contributed by atoms with Crippen molar-refractivity contribution >= 4 is 22.6 Å². The van der Waals surface area contributed by atoms with Gasteiger partial charge >= 0.3 is 6.18 Å². The van der Waals surface area contributed by atoms with Gasteiger partial charge in [-0.05, 0) is 18.2 Å². The number of nitrogens with two attached hydrogens (primary N) is 1. The first kappa shape index (κ1) is 26.6. The van der Waals surface area contributed by atoms with Crippen LogP contribution < -0.4 is 15.2 Å². The number of benzene rings is 1. The first-order valence-corrected chi connectivity index (χ1v) is 9.74. The smallest absolute Gasteiger partial charge is 0.414 e. The van der Waals surface area contributed by atoms with E-state index < -0.39 is 48.0 Å². The summed E-state index contributed by atoms with van der Waals surface area (Å²) in [6.07, 6.45) is 0.876. The Bertz CT molecular complexity index is 1060. The highest BCUT2D eigenvalue weighted by molar-refractivity contribution is 7.82. The highest BCUT2D eigenvalue weighted by atomic mass is 32.2. The van der Waals surface area contributed by atoms with E-state index in [1.807, 2.05) is 0 Å². The molecule has 1 aromatic carbocycles. The molecule has 4 N–H and O–H groups in total. The molecule has 0 aliphatic heterocycles. The van der Waals surface area contributed by atoms with Gasteiger partial charge in [-0.25, -0.2) is 13.7 Å². The maximum absolute atomic E-state index is 13.4. The number of anilines is 1. The van der Waals surface area contributed by atoms with Crippen molar-refractivity contribution in [2.75, 3.05) is 11.9 Å². The zero-order chi connectivity index (χ0) is 24.6. The van der Waals surface area contributed by atoms with E-state index in [9.17, 15) is 26.6 Å². The fraction of sp³-hybridized carbons (Fsp3) is 0.263. The van der Waals surface area contributed by atoms with E-state index >= 15 is 0 Å². The second-order valence-corrected chi connectivity index (χ2v) is 7.07. The maximum atomic E-state index is 13.4. The normalized spacial score (nSPS) is 12.6. The number of aryl methyl sites for hydroxylation is 1. The van der Waals surface area contributed by atoms with E-state index in [1.165, 1.54) is 23.9 Å². The number of rotatable bonds is 7. The van der Waals surface area contributed by atoms with Crippen molar-refractivity contribution in [3.63, 3.8) is 0 Å². The maximum Gasteiger partial charge on any atom is 0.414 e. The molecule has 0 aliphatic carbocycles. The molecule has 172 valence electrons. The number of aromatic nitrogens is 1. The van der Waals surface area contributed by atoms with Gasteiger partial charge in [-0.15, -0.1) is 12.8 Å². The van der Waals surface area contributed by atoms with Gasteiger partial charge in [-0.3, -0.25) is 4.79 Å². The van der Waals surface area contributed by atoms with Crippen molar-refractivity contribution in [3.8, 4) is 24.7 Å². The Morgan fingerprint density at radius 1 is 1.44 bits per heavy atom. The molecule has 1 aromatic heterocycles. The third-order valence-corrected chi connectivity index (χ3v) is 4.62. The number of terminal acetylenes is 1. The number of aliphatic hydroxyl groups is 1. The van der Waals surface area contributed by atoms with Gasteiger partial charge in [-0.2, -0.15) is 18.4 Å².